The molecule has 2 heterocycles. The van der Waals surface area contributed by atoms with Crippen LogP contribution >= 0.6 is 0 Å². The number of halogens is 1. The van der Waals surface area contributed by atoms with Gasteiger partial charge >= 0.3 is 0 Å². The van der Waals surface area contributed by atoms with Crippen molar-refractivity contribution in [3.8, 4) is 5.69 Å². The number of aromatic nitrogens is 1. The summed E-state index contributed by atoms with van der Waals surface area (Å²) < 4.78 is 21.6. The summed E-state index contributed by atoms with van der Waals surface area (Å²) in [6.45, 7) is 0.201. The van der Waals surface area contributed by atoms with Crippen LogP contribution in [-0.2, 0) is 20.9 Å². The van der Waals surface area contributed by atoms with E-state index in [0.29, 0.717) is 6.61 Å². The minimum absolute atomic E-state index is 0.0416. The van der Waals surface area contributed by atoms with Gasteiger partial charge in [0.25, 0.3) is 0 Å². The number of anilines is 1. The first-order valence-corrected chi connectivity index (χ1v) is 12.9. The highest BCUT2D eigenvalue weighted by molar-refractivity contribution is 6.00. The van der Waals surface area contributed by atoms with E-state index in [1.807, 2.05) is 72.9 Å². The molecule has 0 bridgehead atoms. The van der Waals surface area contributed by atoms with E-state index in [1.54, 1.807) is 21.9 Å². The van der Waals surface area contributed by atoms with Gasteiger partial charge in [0.15, 0.2) is 0 Å². The fourth-order valence-electron chi connectivity index (χ4n) is 5.16. The number of ether oxygens (including phenoxy) is 1. The van der Waals surface area contributed by atoms with Crippen LogP contribution in [0.1, 0.15) is 35.7 Å². The highest BCUT2D eigenvalue weighted by Crippen LogP contribution is 2.42. The Morgan fingerprint density at radius 3 is 2.32 bits per heavy atom. The van der Waals surface area contributed by atoms with E-state index in [-0.39, 0.29) is 36.8 Å². The number of amides is 2. The molecule has 2 amide bonds. The van der Waals surface area contributed by atoms with Crippen LogP contribution < -0.4 is 4.90 Å². The quantitative estimate of drug-likeness (QED) is 0.326. The molecule has 0 N–H and O–H groups in total. The van der Waals surface area contributed by atoms with Crippen LogP contribution in [0.3, 0.4) is 0 Å². The third-order valence-electron chi connectivity index (χ3n) is 7.12. The third kappa shape index (κ3) is 4.73. The summed E-state index contributed by atoms with van der Waals surface area (Å²) in [4.78, 5) is 30.7. The van der Waals surface area contributed by atoms with Gasteiger partial charge in [-0.2, -0.15) is 0 Å². The van der Waals surface area contributed by atoms with Gasteiger partial charge in [0.05, 0.1) is 23.7 Å². The first kappa shape index (κ1) is 24.1. The van der Waals surface area contributed by atoms with Crippen molar-refractivity contribution >= 4 is 17.5 Å². The zero-order valence-corrected chi connectivity index (χ0v) is 20.9. The van der Waals surface area contributed by atoms with Gasteiger partial charge in [0.2, 0.25) is 11.8 Å². The largest absolute Gasteiger partial charge is 0.367 e. The van der Waals surface area contributed by atoms with Gasteiger partial charge in [-0.1, -0.05) is 54.6 Å². The Balaban J connectivity index is 1.28. The number of nitrogens with zero attached hydrogens (tertiary/aromatic N) is 3. The molecule has 7 heteroatoms. The van der Waals surface area contributed by atoms with Crippen molar-refractivity contribution < 1.29 is 18.7 Å². The lowest BCUT2D eigenvalue weighted by Crippen LogP contribution is -2.48. The van der Waals surface area contributed by atoms with Gasteiger partial charge < -0.3 is 14.2 Å². The minimum atomic E-state index is -0.460. The van der Waals surface area contributed by atoms with E-state index in [2.05, 4.69) is 4.57 Å². The fraction of sp³-hybridized carbons (Fsp3) is 0.226. The number of hydrogen-bond acceptors (Lipinski definition) is 3. The molecule has 1 saturated carbocycles. The molecule has 192 valence electrons. The molecule has 3 aromatic carbocycles. The van der Waals surface area contributed by atoms with E-state index in [4.69, 9.17) is 4.74 Å². The maximum Gasteiger partial charge on any atom is 0.249 e. The molecule has 0 spiro atoms. The van der Waals surface area contributed by atoms with E-state index in [0.717, 1.165) is 41.0 Å². The predicted molar refractivity (Wildman–Crippen MR) is 142 cm³/mol. The van der Waals surface area contributed by atoms with Crippen LogP contribution in [0.25, 0.3) is 5.69 Å². The highest BCUT2D eigenvalue weighted by Gasteiger charge is 2.39. The Kier molecular flexibility index (Phi) is 6.52. The van der Waals surface area contributed by atoms with E-state index >= 15 is 0 Å². The lowest BCUT2D eigenvalue weighted by atomic mass is 9.97. The second kappa shape index (κ2) is 10.3. The SMILES string of the molecule is O=C(COCc1ccccc1)N(CC(=O)N1c2ccccc2-n2cccc2C1c1ccc(F)cc1)C1CC1. The van der Waals surface area contributed by atoms with Crippen LogP contribution in [0, 0.1) is 5.82 Å². The Labute approximate surface area is 220 Å². The first-order chi connectivity index (χ1) is 18.6. The Hall–Kier alpha value is -4.23. The molecule has 38 heavy (non-hydrogen) atoms. The molecule has 0 radical (unpaired) electrons. The topological polar surface area (TPSA) is 54.8 Å². The monoisotopic (exact) mass is 509 g/mol. The summed E-state index contributed by atoms with van der Waals surface area (Å²) in [7, 11) is 0. The van der Waals surface area contributed by atoms with Gasteiger partial charge in [0, 0.05) is 12.2 Å². The molecule has 6 rings (SSSR count). The van der Waals surface area contributed by atoms with Crippen LogP contribution in [0.2, 0.25) is 0 Å². The highest BCUT2D eigenvalue weighted by atomic mass is 19.1. The van der Waals surface area contributed by atoms with Crippen molar-refractivity contribution in [2.24, 2.45) is 0 Å². The lowest BCUT2D eigenvalue weighted by Gasteiger charge is -2.39. The lowest BCUT2D eigenvalue weighted by molar-refractivity contribution is -0.140. The second-order valence-corrected chi connectivity index (χ2v) is 9.74. The Morgan fingerprint density at radius 2 is 1.58 bits per heavy atom. The number of rotatable bonds is 8. The summed E-state index contributed by atoms with van der Waals surface area (Å²) in [5.41, 5.74) is 4.32. The molecular weight excluding hydrogens is 481 g/mol. The first-order valence-electron chi connectivity index (χ1n) is 12.9. The van der Waals surface area contributed by atoms with Crippen molar-refractivity contribution in [3.05, 3.63) is 120 Å². The van der Waals surface area contributed by atoms with Crippen molar-refractivity contribution in [1.82, 2.24) is 9.47 Å². The van der Waals surface area contributed by atoms with Crippen LogP contribution in [-0.4, -0.2) is 40.5 Å². The third-order valence-corrected chi connectivity index (χ3v) is 7.12. The summed E-state index contributed by atoms with van der Waals surface area (Å²) in [5.74, 6) is -0.717. The summed E-state index contributed by atoms with van der Waals surface area (Å²) in [6, 6.07) is 27.2. The average molecular weight is 510 g/mol. The minimum Gasteiger partial charge on any atom is -0.367 e. The average Bonchev–Trinajstić information content (AvgIpc) is 3.67. The van der Waals surface area contributed by atoms with Gasteiger partial charge in [-0.25, -0.2) is 4.39 Å². The molecule has 6 nitrogen and oxygen atoms in total. The molecule has 1 aromatic heterocycles. The van der Waals surface area contributed by atoms with Gasteiger partial charge in [-0.05, 0) is 60.4 Å². The standard InChI is InChI=1S/C31H28FN3O3/c32-24-14-12-23(13-15-24)31-28-11-6-18-33(28)26-9-4-5-10-27(26)35(31)29(36)19-34(25-16-17-25)30(37)21-38-20-22-7-2-1-3-8-22/h1-15,18,25,31H,16-17,19-21H2. The van der Waals surface area contributed by atoms with Gasteiger partial charge in [-0.3, -0.25) is 14.5 Å². The number of benzene rings is 3. The summed E-state index contributed by atoms with van der Waals surface area (Å²) in [6.07, 6.45) is 3.72. The van der Waals surface area contributed by atoms with Crippen LogP contribution in [0.4, 0.5) is 10.1 Å². The fourth-order valence-corrected chi connectivity index (χ4v) is 5.16. The molecule has 4 aromatic rings. The zero-order valence-electron chi connectivity index (χ0n) is 20.9. The number of carbonyl (C=O) groups excluding carboxylic acids is 2. The maximum absolute atomic E-state index is 14.1. The predicted octanol–water partition coefficient (Wildman–Crippen LogP) is 5.26. The van der Waals surface area contributed by atoms with Crippen molar-refractivity contribution in [3.63, 3.8) is 0 Å². The van der Waals surface area contributed by atoms with E-state index < -0.39 is 6.04 Å². The number of carbonyl (C=O) groups is 2. The molecule has 1 aliphatic carbocycles. The summed E-state index contributed by atoms with van der Waals surface area (Å²) >= 11 is 0. The Bertz CT molecular complexity index is 1450. The molecule has 2 aliphatic rings. The molecule has 1 fully saturated rings. The van der Waals surface area contributed by atoms with Gasteiger partial charge in [0.1, 0.15) is 25.0 Å². The van der Waals surface area contributed by atoms with Crippen molar-refractivity contribution in [2.45, 2.75) is 31.5 Å². The molecular formula is C31H28FN3O3. The van der Waals surface area contributed by atoms with Gasteiger partial charge in [-0.15, -0.1) is 0 Å². The molecule has 1 unspecified atom stereocenters. The van der Waals surface area contributed by atoms with Crippen LogP contribution in [0.5, 0.6) is 0 Å². The molecule has 1 atom stereocenters. The zero-order chi connectivity index (χ0) is 26.1. The van der Waals surface area contributed by atoms with E-state index in [1.165, 1.54) is 12.1 Å². The molecule has 0 saturated heterocycles. The number of hydrogen-bond donors (Lipinski definition) is 0. The number of fused-ring (bicyclic) bond motifs is 3. The van der Waals surface area contributed by atoms with E-state index in [9.17, 15) is 14.0 Å². The maximum atomic E-state index is 14.1. The normalized spacial score (nSPS) is 16.0. The van der Waals surface area contributed by atoms with Crippen molar-refractivity contribution in [2.75, 3.05) is 18.1 Å². The smallest absolute Gasteiger partial charge is 0.249 e. The number of para-hydroxylation sites is 2. The van der Waals surface area contributed by atoms with Crippen molar-refractivity contribution in [1.29, 1.82) is 0 Å². The molecule has 1 aliphatic heterocycles. The Morgan fingerprint density at radius 1 is 0.868 bits per heavy atom. The summed E-state index contributed by atoms with van der Waals surface area (Å²) in [5, 5.41) is 0. The van der Waals surface area contributed by atoms with Crippen LogP contribution in [0.15, 0.2) is 97.2 Å². The second-order valence-electron chi connectivity index (χ2n) is 9.74.